The van der Waals surface area contributed by atoms with Crippen LogP contribution in [0.2, 0.25) is 0 Å². The number of aliphatic hydroxyl groups is 1. The third-order valence-corrected chi connectivity index (χ3v) is 4.44. The van der Waals surface area contributed by atoms with E-state index in [1.807, 2.05) is 0 Å². The maximum atomic E-state index is 11.6. The number of hydrogen-bond acceptors (Lipinski definition) is 4. The summed E-state index contributed by atoms with van der Waals surface area (Å²) in [6.07, 6.45) is 0.421. The smallest absolute Gasteiger partial charge is 0.230 e. The number of hydrogen-bond donors (Lipinski definition) is 1. The van der Waals surface area contributed by atoms with Crippen LogP contribution in [0.3, 0.4) is 0 Å². The van der Waals surface area contributed by atoms with Gasteiger partial charge in [-0.2, -0.15) is 9.57 Å². The predicted octanol–water partition coefficient (Wildman–Crippen LogP) is -0.315. The topological polar surface area (TPSA) is 81.4 Å². The molecule has 14 heavy (non-hydrogen) atoms. The van der Waals surface area contributed by atoms with Gasteiger partial charge in [-0.15, -0.1) is 0 Å². The number of nitrogens with zero attached hydrogens (tertiary/aromatic N) is 2. The second kappa shape index (κ2) is 3.50. The van der Waals surface area contributed by atoms with Crippen molar-refractivity contribution in [2.75, 3.05) is 13.1 Å². The molecule has 1 heterocycles. The first kappa shape index (κ1) is 11.4. The predicted molar refractivity (Wildman–Crippen MR) is 50.8 cm³/mol. The van der Waals surface area contributed by atoms with Crippen molar-refractivity contribution in [3.05, 3.63) is 0 Å². The Morgan fingerprint density at radius 2 is 2.21 bits per heavy atom. The van der Waals surface area contributed by atoms with Crippen LogP contribution in [0.4, 0.5) is 0 Å². The Hall–Kier alpha value is -0.640. The first-order valence-electron chi connectivity index (χ1n) is 4.40. The minimum absolute atomic E-state index is 0.0847. The lowest BCUT2D eigenvalue weighted by atomic mass is 10.1. The van der Waals surface area contributed by atoms with Crippen molar-refractivity contribution in [3.8, 4) is 6.07 Å². The maximum Gasteiger partial charge on any atom is 0.230 e. The van der Waals surface area contributed by atoms with E-state index in [9.17, 15) is 13.5 Å². The van der Waals surface area contributed by atoms with Gasteiger partial charge in [0.25, 0.3) is 0 Å². The van der Waals surface area contributed by atoms with Crippen LogP contribution in [0.15, 0.2) is 0 Å². The molecule has 0 amide bonds. The van der Waals surface area contributed by atoms with Gasteiger partial charge in [-0.3, -0.25) is 0 Å². The van der Waals surface area contributed by atoms with Gasteiger partial charge in [-0.1, -0.05) is 0 Å². The summed E-state index contributed by atoms with van der Waals surface area (Å²) in [5.74, 6) is 0. The zero-order valence-electron chi connectivity index (χ0n) is 8.27. The molecular formula is C8H14N2O3S. The summed E-state index contributed by atoms with van der Waals surface area (Å²) < 4.78 is 24.5. The molecule has 0 aliphatic carbocycles. The van der Waals surface area contributed by atoms with Crippen LogP contribution in [-0.2, 0) is 10.0 Å². The lowest BCUT2D eigenvalue weighted by Crippen LogP contribution is -2.38. The Balaban J connectivity index is 2.84. The molecular weight excluding hydrogens is 204 g/mol. The quantitative estimate of drug-likeness (QED) is 0.689. The van der Waals surface area contributed by atoms with Crippen LogP contribution in [0, 0.1) is 11.3 Å². The van der Waals surface area contributed by atoms with Gasteiger partial charge in [0.1, 0.15) is 0 Å². The summed E-state index contributed by atoms with van der Waals surface area (Å²) in [7, 11) is -3.55. The molecule has 0 aromatic heterocycles. The van der Waals surface area contributed by atoms with Gasteiger partial charge in [0.05, 0.1) is 11.7 Å². The van der Waals surface area contributed by atoms with E-state index in [1.165, 1.54) is 11.2 Å². The number of sulfonamides is 1. The van der Waals surface area contributed by atoms with Crippen molar-refractivity contribution >= 4 is 10.0 Å². The summed E-state index contributed by atoms with van der Waals surface area (Å²) in [5, 5.41) is 17.1. The van der Waals surface area contributed by atoms with Gasteiger partial charge >= 0.3 is 0 Å². The van der Waals surface area contributed by atoms with Crippen LogP contribution in [0.25, 0.3) is 0 Å². The molecule has 1 N–H and O–H groups in total. The first-order chi connectivity index (χ1) is 6.29. The molecule has 0 bridgehead atoms. The molecule has 1 rings (SSSR count). The first-order valence-corrected chi connectivity index (χ1v) is 5.91. The third-order valence-electron chi connectivity index (χ3n) is 2.41. The summed E-state index contributed by atoms with van der Waals surface area (Å²) in [4.78, 5) is 0. The van der Waals surface area contributed by atoms with Crippen molar-refractivity contribution < 1.29 is 13.5 Å². The fourth-order valence-corrected chi connectivity index (χ4v) is 2.80. The second-order valence-corrected chi connectivity index (χ2v) is 6.15. The van der Waals surface area contributed by atoms with E-state index in [4.69, 9.17) is 5.26 Å². The Morgan fingerprint density at radius 3 is 2.57 bits per heavy atom. The van der Waals surface area contributed by atoms with Crippen LogP contribution in [-0.4, -0.2) is 41.8 Å². The molecule has 0 aromatic carbocycles. The third kappa shape index (κ3) is 2.05. The standard InChI is InChI=1S/C8H14N2O3S/c1-7(5-9)14(12,13)10-4-3-8(2,11)6-10/h7,11H,3-4,6H2,1-2H3. The lowest BCUT2D eigenvalue weighted by Gasteiger charge is -2.19. The number of nitriles is 1. The molecule has 80 valence electrons. The van der Waals surface area contributed by atoms with E-state index in [2.05, 4.69) is 0 Å². The molecule has 1 fully saturated rings. The highest BCUT2D eigenvalue weighted by Crippen LogP contribution is 2.24. The molecule has 5 nitrogen and oxygen atoms in total. The highest BCUT2D eigenvalue weighted by molar-refractivity contribution is 7.89. The summed E-state index contributed by atoms with van der Waals surface area (Å²) >= 11 is 0. The molecule has 0 saturated carbocycles. The average molecular weight is 218 g/mol. The normalized spacial score (nSPS) is 31.3. The van der Waals surface area contributed by atoms with Gasteiger partial charge < -0.3 is 5.11 Å². The summed E-state index contributed by atoms with van der Waals surface area (Å²) in [6.45, 7) is 3.32. The van der Waals surface area contributed by atoms with Crippen LogP contribution in [0.1, 0.15) is 20.3 Å². The van der Waals surface area contributed by atoms with Gasteiger partial charge in [-0.25, -0.2) is 8.42 Å². The van der Waals surface area contributed by atoms with Crippen molar-refractivity contribution in [1.29, 1.82) is 5.26 Å². The molecule has 2 atom stereocenters. The fraction of sp³-hybridized carbons (Fsp3) is 0.875. The van der Waals surface area contributed by atoms with Crippen molar-refractivity contribution in [3.63, 3.8) is 0 Å². The summed E-state index contributed by atoms with van der Waals surface area (Å²) in [5.41, 5.74) is -0.956. The highest BCUT2D eigenvalue weighted by atomic mass is 32.2. The largest absolute Gasteiger partial charge is 0.389 e. The molecule has 1 saturated heterocycles. The Morgan fingerprint density at radius 1 is 1.64 bits per heavy atom. The molecule has 1 aliphatic heterocycles. The van der Waals surface area contributed by atoms with E-state index in [0.717, 1.165) is 0 Å². The maximum absolute atomic E-state index is 11.6. The van der Waals surface area contributed by atoms with Crippen molar-refractivity contribution in [1.82, 2.24) is 4.31 Å². The zero-order valence-corrected chi connectivity index (χ0v) is 9.08. The minimum atomic E-state index is -3.55. The van der Waals surface area contributed by atoms with Crippen LogP contribution >= 0.6 is 0 Å². The fourth-order valence-electron chi connectivity index (χ4n) is 1.41. The van der Waals surface area contributed by atoms with Crippen LogP contribution < -0.4 is 0 Å². The Bertz CT molecular complexity index is 355. The van der Waals surface area contributed by atoms with E-state index < -0.39 is 20.9 Å². The van der Waals surface area contributed by atoms with Crippen molar-refractivity contribution in [2.45, 2.75) is 31.1 Å². The average Bonchev–Trinajstić information content (AvgIpc) is 2.45. The van der Waals surface area contributed by atoms with E-state index >= 15 is 0 Å². The molecule has 0 radical (unpaired) electrons. The lowest BCUT2D eigenvalue weighted by molar-refractivity contribution is 0.0762. The molecule has 6 heteroatoms. The van der Waals surface area contributed by atoms with E-state index in [0.29, 0.717) is 13.0 Å². The Labute approximate surface area is 84.0 Å². The summed E-state index contributed by atoms with van der Waals surface area (Å²) in [6, 6.07) is 1.70. The Kier molecular flexibility index (Phi) is 2.86. The monoisotopic (exact) mass is 218 g/mol. The van der Waals surface area contributed by atoms with E-state index in [-0.39, 0.29) is 6.54 Å². The van der Waals surface area contributed by atoms with Gasteiger partial charge in [0.2, 0.25) is 10.0 Å². The van der Waals surface area contributed by atoms with Crippen LogP contribution in [0.5, 0.6) is 0 Å². The SMILES string of the molecule is CC(C#N)S(=O)(=O)N1CCC(C)(O)C1. The molecule has 2 unspecified atom stereocenters. The minimum Gasteiger partial charge on any atom is -0.389 e. The van der Waals surface area contributed by atoms with E-state index in [1.54, 1.807) is 13.0 Å². The zero-order chi connectivity index (χ0) is 11.0. The second-order valence-electron chi connectivity index (χ2n) is 3.90. The molecule has 1 aliphatic rings. The molecule has 0 aromatic rings. The number of β-amino-alcohol motifs (C(OH)–C–C–N with tert-alkyl or cyclic N) is 1. The van der Waals surface area contributed by atoms with Gasteiger partial charge in [0, 0.05) is 13.1 Å². The number of rotatable bonds is 2. The van der Waals surface area contributed by atoms with Gasteiger partial charge in [0.15, 0.2) is 5.25 Å². The van der Waals surface area contributed by atoms with Crippen molar-refractivity contribution in [2.24, 2.45) is 0 Å². The highest BCUT2D eigenvalue weighted by Gasteiger charge is 2.39. The molecule has 0 spiro atoms. The van der Waals surface area contributed by atoms with Gasteiger partial charge in [-0.05, 0) is 20.3 Å².